The minimum absolute atomic E-state index is 0.0942. The van der Waals surface area contributed by atoms with Crippen molar-refractivity contribution in [2.75, 3.05) is 0 Å². The molecule has 0 radical (unpaired) electrons. The molecule has 0 aromatic heterocycles. The van der Waals surface area contributed by atoms with Crippen molar-refractivity contribution >= 4 is 6.21 Å². The van der Waals surface area contributed by atoms with E-state index in [0.29, 0.717) is 6.04 Å². The molecule has 2 heteroatoms. The van der Waals surface area contributed by atoms with E-state index >= 15 is 0 Å². The Kier molecular flexibility index (Phi) is 4.07. The number of hydrogen-bond donors (Lipinski definition) is 0. The van der Waals surface area contributed by atoms with Crippen LogP contribution in [0.2, 0.25) is 0 Å². The molecule has 0 atom stereocenters. The molecule has 1 aromatic carbocycles. The van der Waals surface area contributed by atoms with Crippen LogP contribution in [-0.4, -0.2) is 12.3 Å². The average molecular weight is 228 g/mol. The third-order valence-corrected chi connectivity index (χ3v) is 2.79. The van der Waals surface area contributed by atoms with E-state index in [-0.39, 0.29) is 5.41 Å². The highest BCUT2D eigenvalue weighted by Crippen LogP contribution is 2.23. The Hall–Kier alpha value is -1.62. The third-order valence-electron chi connectivity index (χ3n) is 2.79. The highest BCUT2D eigenvalue weighted by Gasteiger charge is 2.18. The van der Waals surface area contributed by atoms with Crippen LogP contribution < -0.4 is 0 Å². The van der Waals surface area contributed by atoms with Crippen LogP contribution in [0.15, 0.2) is 23.2 Å². The molecule has 1 rings (SSSR count). The van der Waals surface area contributed by atoms with Gasteiger partial charge in [0.1, 0.15) is 0 Å². The summed E-state index contributed by atoms with van der Waals surface area (Å²) in [6, 6.07) is 8.47. The van der Waals surface area contributed by atoms with Crippen LogP contribution in [0.3, 0.4) is 0 Å². The maximum Gasteiger partial charge on any atom is 0.0994 e. The first kappa shape index (κ1) is 13.4. The van der Waals surface area contributed by atoms with Crippen LogP contribution >= 0.6 is 0 Å². The van der Waals surface area contributed by atoms with E-state index in [1.54, 1.807) is 0 Å². The average Bonchev–Trinajstić information content (AvgIpc) is 2.26. The molecule has 0 unspecified atom stereocenters. The van der Waals surface area contributed by atoms with Crippen molar-refractivity contribution in [1.29, 1.82) is 5.26 Å². The second kappa shape index (κ2) is 5.14. The van der Waals surface area contributed by atoms with Gasteiger partial charge >= 0.3 is 0 Å². The predicted molar refractivity (Wildman–Crippen MR) is 72.5 cm³/mol. The summed E-state index contributed by atoms with van der Waals surface area (Å²) in [7, 11) is 0. The third kappa shape index (κ3) is 3.42. The van der Waals surface area contributed by atoms with Crippen LogP contribution in [0.1, 0.15) is 44.4 Å². The van der Waals surface area contributed by atoms with Crippen molar-refractivity contribution in [3.05, 3.63) is 34.9 Å². The number of nitrogens with zero attached hydrogens (tertiary/aromatic N) is 2. The summed E-state index contributed by atoms with van der Waals surface area (Å²) >= 11 is 0. The van der Waals surface area contributed by atoms with E-state index in [1.165, 1.54) is 5.56 Å². The molecule has 0 N–H and O–H groups in total. The molecular weight excluding hydrogens is 208 g/mol. The van der Waals surface area contributed by atoms with E-state index in [1.807, 2.05) is 25.3 Å². The van der Waals surface area contributed by atoms with Crippen molar-refractivity contribution in [3.8, 4) is 6.07 Å². The van der Waals surface area contributed by atoms with Gasteiger partial charge in [-0.1, -0.05) is 26.0 Å². The molecule has 0 amide bonds. The fraction of sp³-hybridized carbons (Fsp3) is 0.467. The lowest BCUT2D eigenvalue weighted by molar-refractivity contribution is 0.716. The lowest BCUT2D eigenvalue weighted by Crippen LogP contribution is -2.20. The summed E-state index contributed by atoms with van der Waals surface area (Å²) < 4.78 is 0. The van der Waals surface area contributed by atoms with Gasteiger partial charge in [0.15, 0.2) is 0 Å². The smallest absolute Gasteiger partial charge is 0.0994 e. The van der Waals surface area contributed by atoms with Crippen LogP contribution in [0.5, 0.6) is 0 Å². The Morgan fingerprint density at radius 2 is 2.00 bits per heavy atom. The highest BCUT2D eigenvalue weighted by atomic mass is 14.7. The molecule has 0 spiro atoms. The molecule has 17 heavy (non-hydrogen) atoms. The van der Waals surface area contributed by atoms with Gasteiger partial charge in [-0.05, 0) is 38.0 Å². The first-order chi connectivity index (χ1) is 7.86. The van der Waals surface area contributed by atoms with Crippen LogP contribution in [-0.2, 0) is 5.41 Å². The maximum absolute atomic E-state index is 8.91. The van der Waals surface area contributed by atoms with Gasteiger partial charge in [-0.3, -0.25) is 4.99 Å². The summed E-state index contributed by atoms with van der Waals surface area (Å²) in [5, 5.41) is 8.91. The summed E-state index contributed by atoms with van der Waals surface area (Å²) in [6.45, 7) is 10.4. The van der Waals surface area contributed by atoms with Gasteiger partial charge in [-0.15, -0.1) is 0 Å². The zero-order valence-electron chi connectivity index (χ0n) is 11.3. The number of aliphatic imine (C=N–C) groups is 1. The van der Waals surface area contributed by atoms with Crippen molar-refractivity contribution < 1.29 is 0 Å². The minimum Gasteiger partial charge on any atom is -0.294 e. The molecule has 0 fully saturated rings. The number of benzene rings is 1. The minimum atomic E-state index is -0.0942. The predicted octanol–water partition coefficient (Wildman–Crippen LogP) is 3.62. The second-order valence-corrected chi connectivity index (χ2v) is 5.24. The molecule has 0 heterocycles. The molecule has 2 nitrogen and oxygen atoms in total. The van der Waals surface area contributed by atoms with Crippen LogP contribution in [0.25, 0.3) is 0 Å². The highest BCUT2D eigenvalue weighted by molar-refractivity contribution is 5.73. The first-order valence-electron chi connectivity index (χ1n) is 5.92. The topological polar surface area (TPSA) is 36.1 Å². The van der Waals surface area contributed by atoms with Gasteiger partial charge < -0.3 is 0 Å². The van der Waals surface area contributed by atoms with E-state index in [9.17, 15) is 0 Å². The van der Waals surface area contributed by atoms with Gasteiger partial charge in [0.2, 0.25) is 0 Å². The Balaban J connectivity index is 3.08. The van der Waals surface area contributed by atoms with Crippen molar-refractivity contribution in [1.82, 2.24) is 0 Å². The van der Waals surface area contributed by atoms with Gasteiger partial charge in [0.05, 0.1) is 11.6 Å². The van der Waals surface area contributed by atoms with Gasteiger partial charge in [-0.25, -0.2) is 0 Å². The quantitative estimate of drug-likeness (QED) is 0.728. The van der Waals surface area contributed by atoms with Gasteiger partial charge in [-0.2, -0.15) is 5.26 Å². The lowest BCUT2D eigenvalue weighted by atomic mass is 9.84. The molecule has 0 saturated carbocycles. The molecule has 0 bridgehead atoms. The Bertz CT molecular complexity index is 462. The Labute approximate surface area is 104 Å². The number of aryl methyl sites for hydroxylation is 1. The van der Waals surface area contributed by atoms with Crippen LogP contribution in [0.4, 0.5) is 0 Å². The molecular formula is C15H20N2. The van der Waals surface area contributed by atoms with E-state index in [4.69, 9.17) is 5.26 Å². The maximum atomic E-state index is 8.91. The van der Waals surface area contributed by atoms with Crippen molar-refractivity contribution in [2.24, 2.45) is 4.99 Å². The fourth-order valence-electron chi connectivity index (χ4n) is 1.60. The molecule has 0 aliphatic heterocycles. The number of nitriles is 1. The normalized spacial score (nSPS) is 12.1. The van der Waals surface area contributed by atoms with Gasteiger partial charge in [0, 0.05) is 17.7 Å². The van der Waals surface area contributed by atoms with E-state index in [0.717, 1.165) is 11.1 Å². The monoisotopic (exact) mass is 228 g/mol. The summed E-state index contributed by atoms with van der Waals surface area (Å²) in [4.78, 5) is 4.45. The zero-order valence-corrected chi connectivity index (χ0v) is 11.3. The SMILES string of the molecule is Cc1cc(C(C)(C)C=NC(C)C)ccc1C#N. The van der Waals surface area contributed by atoms with Gasteiger partial charge in [0.25, 0.3) is 0 Å². The number of rotatable bonds is 3. The molecule has 0 saturated heterocycles. The summed E-state index contributed by atoms with van der Waals surface area (Å²) in [6.07, 6.45) is 2.00. The van der Waals surface area contributed by atoms with E-state index < -0.39 is 0 Å². The largest absolute Gasteiger partial charge is 0.294 e. The van der Waals surface area contributed by atoms with Crippen LogP contribution in [0, 0.1) is 18.3 Å². The fourth-order valence-corrected chi connectivity index (χ4v) is 1.60. The standard InChI is InChI=1S/C15H20N2/c1-11(2)17-10-15(4,5)14-7-6-13(9-16)12(3)8-14/h6-8,10-11H,1-5H3. The first-order valence-corrected chi connectivity index (χ1v) is 5.92. The second-order valence-electron chi connectivity index (χ2n) is 5.24. The van der Waals surface area contributed by atoms with Crippen molar-refractivity contribution in [3.63, 3.8) is 0 Å². The number of hydrogen-bond acceptors (Lipinski definition) is 2. The Morgan fingerprint density at radius 1 is 1.35 bits per heavy atom. The molecule has 0 aliphatic carbocycles. The summed E-state index contributed by atoms with van der Waals surface area (Å²) in [5.74, 6) is 0. The summed E-state index contributed by atoms with van der Waals surface area (Å²) in [5.41, 5.74) is 2.86. The molecule has 1 aromatic rings. The zero-order chi connectivity index (χ0) is 13.1. The lowest BCUT2D eigenvalue weighted by Gasteiger charge is -2.21. The van der Waals surface area contributed by atoms with E-state index in [2.05, 4.69) is 44.8 Å². The Morgan fingerprint density at radius 3 is 2.47 bits per heavy atom. The molecule has 0 aliphatic rings. The van der Waals surface area contributed by atoms with Crippen molar-refractivity contribution in [2.45, 2.75) is 46.1 Å². The molecule has 90 valence electrons.